The Morgan fingerprint density at radius 1 is 1.00 bits per heavy atom. The van der Waals surface area contributed by atoms with E-state index in [1.54, 1.807) is 6.08 Å². The van der Waals surface area contributed by atoms with E-state index in [0.717, 1.165) is 31.3 Å². The van der Waals surface area contributed by atoms with Crippen molar-refractivity contribution in [1.82, 2.24) is 4.90 Å². The molecule has 170 valence electrons. The number of rotatable bonds is 7. The monoisotopic (exact) mass is 439 g/mol. The molecule has 0 saturated heterocycles. The zero-order chi connectivity index (χ0) is 22.7. The van der Waals surface area contributed by atoms with Crippen LogP contribution in [0.25, 0.3) is 0 Å². The van der Waals surface area contributed by atoms with Crippen molar-refractivity contribution in [3.8, 4) is 0 Å². The van der Waals surface area contributed by atoms with E-state index >= 15 is 0 Å². The summed E-state index contributed by atoms with van der Waals surface area (Å²) in [7, 11) is 0. The Labute approximate surface area is 189 Å². The Hall–Kier alpha value is -2.49. The first-order valence-electron chi connectivity index (χ1n) is 11.8. The molecule has 2 aliphatic carbocycles. The molecule has 1 aromatic rings. The third kappa shape index (κ3) is 4.79. The van der Waals surface area contributed by atoms with Gasteiger partial charge in [0.05, 0.1) is 17.7 Å². The zero-order valence-electron chi connectivity index (χ0n) is 18.9. The first-order valence-corrected chi connectivity index (χ1v) is 11.8. The molecule has 0 aromatic heterocycles. The third-order valence-corrected chi connectivity index (χ3v) is 6.77. The maximum Gasteiger partial charge on any atom is 0.416 e. The van der Waals surface area contributed by atoms with E-state index in [0.29, 0.717) is 12.5 Å². The van der Waals surface area contributed by atoms with E-state index in [9.17, 15) is 13.2 Å². The van der Waals surface area contributed by atoms with Crippen LogP contribution in [0.3, 0.4) is 0 Å². The highest BCUT2D eigenvalue weighted by atomic mass is 19.4. The highest BCUT2D eigenvalue weighted by molar-refractivity contribution is 5.40. The Kier molecular flexibility index (Phi) is 6.78. The summed E-state index contributed by atoms with van der Waals surface area (Å²) < 4.78 is 38.7. The van der Waals surface area contributed by atoms with E-state index in [1.165, 1.54) is 23.3 Å². The number of nitrogens with zero attached hydrogens (tertiary/aromatic N) is 1. The van der Waals surface area contributed by atoms with Crippen molar-refractivity contribution in [2.24, 2.45) is 11.8 Å². The van der Waals surface area contributed by atoms with Gasteiger partial charge in [-0.3, -0.25) is 0 Å². The van der Waals surface area contributed by atoms with Crippen LogP contribution in [-0.4, -0.2) is 17.1 Å². The molecule has 0 N–H and O–H groups in total. The summed E-state index contributed by atoms with van der Waals surface area (Å²) in [4.78, 5) is 2.46. The van der Waals surface area contributed by atoms with Gasteiger partial charge in [-0.1, -0.05) is 93.5 Å². The molecule has 3 aliphatic rings. The van der Waals surface area contributed by atoms with Gasteiger partial charge in [0.2, 0.25) is 0 Å². The summed E-state index contributed by atoms with van der Waals surface area (Å²) in [5, 5.41) is 0. The Balaban J connectivity index is 1.47. The number of hydrogen-bond donors (Lipinski definition) is 0. The van der Waals surface area contributed by atoms with Gasteiger partial charge in [-0.2, -0.15) is 13.2 Å². The van der Waals surface area contributed by atoms with Gasteiger partial charge in [-0.05, 0) is 42.2 Å². The lowest BCUT2D eigenvalue weighted by Crippen LogP contribution is -2.34. The number of fused-ring (bicyclic) bond motifs is 1. The number of benzene rings is 1. The molecule has 0 fully saturated rings. The minimum atomic E-state index is -4.26. The van der Waals surface area contributed by atoms with Crippen molar-refractivity contribution in [1.29, 1.82) is 0 Å². The molecule has 1 aliphatic heterocycles. The fraction of sp³-hybridized carbons (Fsp3) is 0.429. The van der Waals surface area contributed by atoms with Crippen LogP contribution in [0, 0.1) is 11.8 Å². The lowest BCUT2D eigenvalue weighted by atomic mass is 9.83. The van der Waals surface area contributed by atoms with Gasteiger partial charge in [0.25, 0.3) is 0 Å². The maximum absolute atomic E-state index is 12.9. The lowest BCUT2D eigenvalue weighted by Gasteiger charge is -2.36. The summed E-state index contributed by atoms with van der Waals surface area (Å²) in [5.74, 6) is 0.272. The highest BCUT2D eigenvalue weighted by Crippen LogP contribution is 2.40. The Bertz CT molecular complexity index is 946. The van der Waals surface area contributed by atoms with Gasteiger partial charge in [0.1, 0.15) is 0 Å². The third-order valence-electron chi connectivity index (χ3n) is 6.77. The van der Waals surface area contributed by atoms with Crippen LogP contribution < -0.4 is 0 Å². The molecule has 0 radical (unpaired) electrons. The normalized spacial score (nSPS) is 25.5. The zero-order valence-corrected chi connectivity index (χ0v) is 18.9. The summed E-state index contributed by atoms with van der Waals surface area (Å²) in [6.07, 6.45) is 15.9. The molecule has 4 heteroatoms. The first-order chi connectivity index (χ1) is 15.4. The van der Waals surface area contributed by atoms with E-state index in [1.807, 2.05) is 0 Å². The van der Waals surface area contributed by atoms with Crippen LogP contribution >= 0.6 is 0 Å². The molecular weight excluding hydrogens is 407 g/mol. The van der Waals surface area contributed by atoms with Crippen molar-refractivity contribution in [3.63, 3.8) is 0 Å². The van der Waals surface area contributed by atoms with Crippen LogP contribution in [0.4, 0.5) is 13.2 Å². The number of allylic oxidation sites excluding steroid dienone is 6. The van der Waals surface area contributed by atoms with Gasteiger partial charge in [-0.25, -0.2) is 0 Å². The average molecular weight is 440 g/mol. The molecule has 0 amide bonds. The number of halogens is 3. The second-order valence-corrected chi connectivity index (χ2v) is 9.04. The molecular formula is C28H32F3N. The predicted molar refractivity (Wildman–Crippen MR) is 125 cm³/mol. The summed E-state index contributed by atoms with van der Waals surface area (Å²) in [6, 6.07) is 9.65. The van der Waals surface area contributed by atoms with Crippen LogP contribution in [0.1, 0.15) is 56.7 Å². The highest BCUT2D eigenvalue weighted by Gasteiger charge is 2.35. The Morgan fingerprint density at radius 3 is 2.41 bits per heavy atom. The molecule has 0 bridgehead atoms. The second kappa shape index (κ2) is 9.56. The number of hydrogen-bond acceptors (Lipinski definition) is 1. The molecule has 4 atom stereocenters. The van der Waals surface area contributed by atoms with Crippen molar-refractivity contribution in [3.05, 3.63) is 95.3 Å². The van der Waals surface area contributed by atoms with Gasteiger partial charge in [-0.15, -0.1) is 0 Å². The molecule has 1 nitrogen and oxygen atoms in total. The predicted octanol–water partition coefficient (Wildman–Crippen LogP) is 7.86. The van der Waals surface area contributed by atoms with Crippen molar-refractivity contribution in [2.75, 3.05) is 0 Å². The van der Waals surface area contributed by atoms with Gasteiger partial charge in [0, 0.05) is 11.8 Å². The fourth-order valence-corrected chi connectivity index (χ4v) is 5.07. The summed E-state index contributed by atoms with van der Waals surface area (Å²) in [6.45, 7) is 4.43. The SMILES string of the molecule is CCCc1ccc(C(CCC)N2C=CC3C=C(C4C=CC(C(F)(F)F)=CC4)C=CC32)cc1. The van der Waals surface area contributed by atoms with Crippen molar-refractivity contribution < 1.29 is 13.2 Å². The average Bonchev–Trinajstić information content (AvgIpc) is 3.21. The van der Waals surface area contributed by atoms with Crippen LogP contribution in [0.15, 0.2) is 84.1 Å². The van der Waals surface area contributed by atoms with E-state index in [4.69, 9.17) is 0 Å². The van der Waals surface area contributed by atoms with Crippen LogP contribution in [0.5, 0.6) is 0 Å². The molecule has 4 rings (SSSR count). The van der Waals surface area contributed by atoms with Crippen LogP contribution in [-0.2, 0) is 6.42 Å². The minimum Gasteiger partial charge on any atom is -0.363 e. The number of aryl methyl sites for hydroxylation is 1. The standard InChI is InChI=1S/C28H32F3N/c1-3-5-20-7-9-22(10-8-20)26(6-4-2)32-18-17-24-19-23(13-16-27(24)32)21-11-14-25(15-12-21)28(29,30)31/h7-11,13-19,21,24,26-27H,3-6,12H2,1-2H3. The van der Waals surface area contributed by atoms with Gasteiger partial charge >= 0.3 is 6.18 Å². The van der Waals surface area contributed by atoms with Gasteiger partial charge in [0.15, 0.2) is 0 Å². The van der Waals surface area contributed by atoms with Crippen LogP contribution in [0.2, 0.25) is 0 Å². The van der Waals surface area contributed by atoms with E-state index in [2.05, 4.69) is 73.5 Å². The second-order valence-electron chi connectivity index (χ2n) is 9.04. The molecule has 0 saturated carbocycles. The molecule has 32 heavy (non-hydrogen) atoms. The summed E-state index contributed by atoms with van der Waals surface area (Å²) in [5.41, 5.74) is 3.31. The quantitative estimate of drug-likeness (QED) is 0.418. The Morgan fingerprint density at radius 2 is 1.78 bits per heavy atom. The molecule has 0 spiro atoms. The lowest BCUT2D eigenvalue weighted by molar-refractivity contribution is -0.0887. The van der Waals surface area contributed by atoms with Gasteiger partial charge < -0.3 is 4.90 Å². The molecule has 1 aromatic carbocycles. The van der Waals surface area contributed by atoms with Crippen molar-refractivity contribution >= 4 is 0 Å². The maximum atomic E-state index is 12.9. The molecule has 4 unspecified atom stereocenters. The topological polar surface area (TPSA) is 3.24 Å². The smallest absolute Gasteiger partial charge is 0.363 e. The van der Waals surface area contributed by atoms with E-state index < -0.39 is 11.7 Å². The first kappa shape index (κ1) is 22.7. The molecule has 1 heterocycles. The fourth-order valence-electron chi connectivity index (χ4n) is 5.07. The van der Waals surface area contributed by atoms with E-state index in [-0.39, 0.29) is 17.9 Å². The minimum absolute atomic E-state index is 0.0123. The van der Waals surface area contributed by atoms with Crippen molar-refractivity contribution in [2.45, 2.75) is 64.2 Å². The largest absolute Gasteiger partial charge is 0.416 e. The summed E-state index contributed by atoms with van der Waals surface area (Å²) >= 11 is 0. The number of alkyl halides is 3.